The van der Waals surface area contributed by atoms with E-state index in [0.717, 1.165) is 10.2 Å². The number of hydrogen-bond acceptors (Lipinski definition) is 5. The predicted molar refractivity (Wildman–Crippen MR) is 126 cm³/mol. The quantitative estimate of drug-likeness (QED) is 0.373. The number of methoxy groups -OCH3 is 1. The highest BCUT2D eigenvalue weighted by molar-refractivity contribution is 9.10. The topological polar surface area (TPSA) is 90.9 Å². The van der Waals surface area contributed by atoms with Crippen molar-refractivity contribution in [2.75, 3.05) is 30.9 Å². The Hall–Kier alpha value is -1.43. The van der Waals surface area contributed by atoms with Gasteiger partial charge in [-0.2, -0.15) is 4.31 Å². The van der Waals surface area contributed by atoms with Gasteiger partial charge in [0.1, 0.15) is 4.90 Å². The first-order valence-electron chi connectivity index (χ1n) is 9.10. The molecule has 0 aromatic heterocycles. The first-order valence-corrected chi connectivity index (χ1v) is 12.1. The van der Waals surface area contributed by atoms with E-state index in [-0.39, 0.29) is 33.4 Å². The summed E-state index contributed by atoms with van der Waals surface area (Å²) in [6, 6.07) is 9.96. The Morgan fingerprint density at radius 2 is 2.00 bits per heavy atom. The molecule has 1 heterocycles. The molecule has 1 saturated heterocycles. The van der Waals surface area contributed by atoms with Gasteiger partial charge in [0.25, 0.3) is 0 Å². The van der Waals surface area contributed by atoms with E-state index in [1.807, 2.05) is 24.3 Å². The molecule has 0 bridgehead atoms. The number of para-hydroxylation sites is 1. The number of anilines is 2. The van der Waals surface area contributed by atoms with Gasteiger partial charge >= 0.3 is 0 Å². The lowest BCUT2D eigenvalue weighted by atomic mass is 10.2. The minimum absolute atomic E-state index is 0.0641. The van der Waals surface area contributed by atoms with E-state index in [4.69, 9.17) is 28.6 Å². The number of aromatic hydroxyl groups is 1. The number of nitrogens with one attached hydrogen (secondary N) is 2. The van der Waals surface area contributed by atoms with Gasteiger partial charge in [0.05, 0.1) is 23.0 Å². The standard InChI is InChI=1S/C19H21BrClN3O4S2/c1-28-11-12-5-4-10-24(12)30(26,27)18-14(21)8-9-16(17(18)25)23-19(29)22-15-7-3-2-6-13(15)20/h2-3,6-9,12,25H,4-5,10-11H2,1H3,(H2,22,23,29)/t12-/m1/s1. The third-order valence-corrected chi connectivity index (χ3v) is 8.05. The summed E-state index contributed by atoms with van der Waals surface area (Å²) in [7, 11) is -2.51. The van der Waals surface area contributed by atoms with Crippen LogP contribution in [0.2, 0.25) is 5.02 Å². The highest BCUT2D eigenvalue weighted by atomic mass is 79.9. The summed E-state index contributed by atoms with van der Waals surface area (Å²) in [4.78, 5) is -0.346. The van der Waals surface area contributed by atoms with Gasteiger partial charge < -0.3 is 20.5 Å². The number of hydrogen-bond donors (Lipinski definition) is 3. The second kappa shape index (κ2) is 9.80. The minimum atomic E-state index is -4.04. The lowest BCUT2D eigenvalue weighted by Gasteiger charge is -2.25. The van der Waals surface area contributed by atoms with Crippen LogP contribution >= 0.6 is 39.7 Å². The van der Waals surface area contributed by atoms with Gasteiger partial charge in [0.2, 0.25) is 10.0 Å². The van der Waals surface area contributed by atoms with E-state index in [9.17, 15) is 13.5 Å². The van der Waals surface area contributed by atoms with Crippen LogP contribution in [0.4, 0.5) is 11.4 Å². The molecule has 1 atom stereocenters. The molecule has 7 nitrogen and oxygen atoms in total. The Labute approximate surface area is 194 Å². The van der Waals surface area contributed by atoms with Gasteiger partial charge in [-0.1, -0.05) is 23.7 Å². The van der Waals surface area contributed by atoms with Crippen LogP contribution in [0.3, 0.4) is 0 Å². The third kappa shape index (κ3) is 4.90. The summed E-state index contributed by atoms with van der Waals surface area (Å²) in [5, 5.41) is 16.7. The molecule has 0 unspecified atom stereocenters. The smallest absolute Gasteiger partial charge is 0.248 e. The van der Waals surface area contributed by atoms with E-state index in [1.54, 1.807) is 0 Å². The Balaban J connectivity index is 1.88. The Morgan fingerprint density at radius 1 is 1.30 bits per heavy atom. The van der Waals surface area contributed by atoms with Crippen LogP contribution in [-0.4, -0.2) is 49.2 Å². The van der Waals surface area contributed by atoms with Crippen molar-refractivity contribution in [1.82, 2.24) is 4.31 Å². The zero-order valence-corrected chi connectivity index (χ0v) is 20.0. The second-order valence-electron chi connectivity index (χ2n) is 6.70. The highest BCUT2D eigenvalue weighted by Gasteiger charge is 2.38. The molecule has 11 heteroatoms. The van der Waals surface area contributed by atoms with Crippen LogP contribution in [0.1, 0.15) is 12.8 Å². The maximum absolute atomic E-state index is 13.3. The average Bonchev–Trinajstić information content (AvgIpc) is 3.15. The lowest BCUT2D eigenvalue weighted by molar-refractivity contribution is 0.149. The van der Waals surface area contributed by atoms with Gasteiger partial charge in [-0.05, 0) is 65.3 Å². The molecule has 1 fully saturated rings. The number of phenolic OH excluding ortho intramolecular Hbond substituents is 1. The number of halogens is 2. The largest absolute Gasteiger partial charge is 0.504 e. The van der Waals surface area contributed by atoms with Crippen molar-refractivity contribution in [1.29, 1.82) is 0 Å². The fourth-order valence-corrected chi connectivity index (χ4v) is 6.21. The summed E-state index contributed by atoms with van der Waals surface area (Å²) in [5.41, 5.74) is 0.848. The molecule has 162 valence electrons. The first kappa shape index (κ1) is 23.2. The minimum Gasteiger partial charge on any atom is -0.504 e. The number of nitrogens with zero attached hydrogens (tertiary/aromatic N) is 1. The molecule has 3 rings (SSSR count). The Morgan fingerprint density at radius 3 is 2.70 bits per heavy atom. The number of phenols is 1. The summed E-state index contributed by atoms with van der Waals surface area (Å²) >= 11 is 14.9. The number of ether oxygens (including phenoxy) is 1. The summed E-state index contributed by atoms with van der Waals surface area (Å²) in [6.07, 6.45) is 1.40. The van der Waals surface area contributed by atoms with Crippen LogP contribution in [-0.2, 0) is 14.8 Å². The van der Waals surface area contributed by atoms with Gasteiger partial charge in [-0.3, -0.25) is 0 Å². The van der Waals surface area contributed by atoms with Crippen molar-refractivity contribution < 1.29 is 18.3 Å². The van der Waals surface area contributed by atoms with Crippen LogP contribution in [0.5, 0.6) is 5.75 Å². The van der Waals surface area contributed by atoms with Crippen molar-refractivity contribution >= 4 is 66.3 Å². The third-order valence-electron chi connectivity index (χ3n) is 4.70. The summed E-state index contributed by atoms with van der Waals surface area (Å²) in [6.45, 7) is 0.612. The Bertz CT molecular complexity index is 1050. The highest BCUT2D eigenvalue weighted by Crippen LogP contribution is 2.40. The lowest BCUT2D eigenvalue weighted by Crippen LogP contribution is -2.38. The molecule has 3 N–H and O–H groups in total. The molecule has 0 saturated carbocycles. The van der Waals surface area contributed by atoms with E-state index < -0.39 is 15.8 Å². The monoisotopic (exact) mass is 533 g/mol. The maximum Gasteiger partial charge on any atom is 0.248 e. The number of rotatable bonds is 6. The SMILES string of the molecule is COC[C@H]1CCCN1S(=O)(=O)c1c(Cl)ccc(NC(=S)Nc2ccccc2Br)c1O. The summed E-state index contributed by atoms with van der Waals surface area (Å²) in [5.74, 6) is -0.484. The zero-order chi connectivity index (χ0) is 21.9. The van der Waals surface area contributed by atoms with Crippen LogP contribution in [0.15, 0.2) is 45.8 Å². The van der Waals surface area contributed by atoms with Crippen LogP contribution in [0.25, 0.3) is 0 Å². The normalized spacial score (nSPS) is 17.1. The summed E-state index contributed by atoms with van der Waals surface area (Å²) < 4.78 is 33.8. The van der Waals surface area contributed by atoms with Crippen molar-refractivity contribution in [2.45, 2.75) is 23.8 Å². The molecule has 2 aromatic rings. The van der Waals surface area contributed by atoms with Gasteiger partial charge in [0.15, 0.2) is 10.9 Å². The van der Waals surface area contributed by atoms with E-state index >= 15 is 0 Å². The van der Waals surface area contributed by atoms with Gasteiger partial charge in [-0.15, -0.1) is 0 Å². The van der Waals surface area contributed by atoms with Crippen molar-refractivity contribution in [3.05, 3.63) is 45.9 Å². The number of benzene rings is 2. The van der Waals surface area contributed by atoms with Gasteiger partial charge in [-0.25, -0.2) is 8.42 Å². The molecule has 0 aliphatic carbocycles. The van der Waals surface area contributed by atoms with Gasteiger partial charge in [0, 0.05) is 24.2 Å². The molecule has 1 aliphatic rings. The van der Waals surface area contributed by atoms with Crippen molar-refractivity contribution in [2.24, 2.45) is 0 Å². The molecule has 1 aliphatic heterocycles. The molecule has 30 heavy (non-hydrogen) atoms. The molecule has 0 radical (unpaired) electrons. The molecule has 0 amide bonds. The van der Waals surface area contributed by atoms with E-state index in [1.165, 1.54) is 23.5 Å². The average molecular weight is 535 g/mol. The second-order valence-corrected chi connectivity index (χ2v) is 10.2. The van der Waals surface area contributed by atoms with E-state index in [0.29, 0.717) is 19.4 Å². The molecular formula is C19H21BrClN3O4S2. The van der Waals surface area contributed by atoms with Crippen LogP contribution < -0.4 is 10.6 Å². The Kier molecular flexibility index (Phi) is 7.59. The zero-order valence-electron chi connectivity index (χ0n) is 16.1. The van der Waals surface area contributed by atoms with Crippen molar-refractivity contribution in [3.63, 3.8) is 0 Å². The van der Waals surface area contributed by atoms with Crippen LogP contribution in [0, 0.1) is 0 Å². The number of sulfonamides is 1. The fraction of sp³-hybridized carbons (Fsp3) is 0.316. The first-order chi connectivity index (χ1) is 14.3. The maximum atomic E-state index is 13.3. The molecule has 2 aromatic carbocycles. The van der Waals surface area contributed by atoms with Crippen molar-refractivity contribution in [3.8, 4) is 5.75 Å². The number of thiocarbonyl (C=S) groups is 1. The fourth-order valence-electron chi connectivity index (χ4n) is 3.33. The molecule has 0 spiro atoms. The predicted octanol–water partition coefficient (Wildman–Crippen LogP) is 4.42. The van der Waals surface area contributed by atoms with E-state index in [2.05, 4.69) is 26.6 Å². The molecular weight excluding hydrogens is 514 g/mol.